The molecule has 1 aliphatic heterocycles. The fourth-order valence-corrected chi connectivity index (χ4v) is 3.57. The first-order valence-electron chi connectivity index (χ1n) is 6.14. The average molecular weight is 217 g/mol. The summed E-state index contributed by atoms with van der Waals surface area (Å²) in [5.41, 5.74) is 1.83. The summed E-state index contributed by atoms with van der Waals surface area (Å²) in [5.74, 6) is 0.750. The molecule has 2 aliphatic rings. The molecule has 1 aromatic rings. The normalized spacial score (nSPS) is 37.6. The molecular formula is C14H19NO. The van der Waals surface area contributed by atoms with Gasteiger partial charge in [0.25, 0.3) is 0 Å². The van der Waals surface area contributed by atoms with Crippen molar-refractivity contribution >= 4 is 0 Å². The van der Waals surface area contributed by atoms with Gasteiger partial charge in [0.05, 0.1) is 6.10 Å². The van der Waals surface area contributed by atoms with Gasteiger partial charge in [-0.1, -0.05) is 30.3 Å². The topological polar surface area (TPSA) is 21.3 Å². The van der Waals surface area contributed by atoms with Gasteiger partial charge in [-0.3, -0.25) is 0 Å². The summed E-state index contributed by atoms with van der Waals surface area (Å²) in [7, 11) is 1.85. The number of hydrogen-bond donors (Lipinski definition) is 1. The monoisotopic (exact) mass is 217 g/mol. The lowest BCUT2D eigenvalue weighted by Crippen LogP contribution is -2.31. The minimum atomic E-state index is 0.335. The number of rotatable bonds is 2. The van der Waals surface area contributed by atoms with Crippen LogP contribution in [0.25, 0.3) is 0 Å². The van der Waals surface area contributed by atoms with E-state index in [0.717, 1.165) is 19.0 Å². The Kier molecular flexibility index (Phi) is 2.49. The minimum Gasteiger partial charge on any atom is -0.381 e. The summed E-state index contributed by atoms with van der Waals surface area (Å²) >= 11 is 0. The summed E-state index contributed by atoms with van der Waals surface area (Å²) in [4.78, 5) is 0. The maximum atomic E-state index is 5.57. The van der Waals surface area contributed by atoms with Crippen molar-refractivity contribution < 1.29 is 4.74 Å². The highest BCUT2D eigenvalue weighted by Crippen LogP contribution is 2.48. The average Bonchev–Trinajstić information content (AvgIpc) is 2.86. The van der Waals surface area contributed by atoms with Crippen LogP contribution in [0.5, 0.6) is 0 Å². The molecule has 1 aromatic carbocycles. The van der Waals surface area contributed by atoms with Crippen molar-refractivity contribution in [3.63, 3.8) is 0 Å². The molecule has 1 N–H and O–H groups in total. The van der Waals surface area contributed by atoms with Gasteiger partial charge in [0, 0.05) is 19.1 Å². The quantitative estimate of drug-likeness (QED) is 0.817. The van der Waals surface area contributed by atoms with Crippen LogP contribution < -0.4 is 5.32 Å². The molecule has 1 unspecified atom stereocenters. The van der Waals surface area contributed by atoms with Crippen LogP contribution in [0.15, 0.2) is 30.3 Å². The van der Waals surface area contributed by atoms with Crippen molar-refractivity contribution in [2.45, 2.75) is 24.4 Å². The fraction of sp³-hybridized carbons (Fsp3) is 0.571. The van der Waals surface area contributed by atoms with E-state index in [2.05, 4.69) is 35.6 Å². The fourth-order valence-electron chi connectivity index (χ4n) is 3.57. The van der Waals surface area contributed by atoms with Gasteiger partial charge in [-0.15, -0.1) is 0 Å². The van der Waals surface area contributed by atoms with Gasteiger partial charge in [-0.25, -0.2) is 0 Å². The van der Waals surface area contributed by atoms with E-state index in [-0.39, 0.29) is 0 Å². The van der Waals surface area contributed by atoms with E-state index >= 15 is 0 Å². The zero-order chi connectivity index (χ0) is 11.0. The molecule has 0 aromatic heterocycles. The second-order valence-corrected chi connectivity index (χ2v) is 5.15. The van der Waals surface area contributed by atoms with Crippen molar-refractivity contribution in [2.24, 2.45) is 5.92 Å². The third-order valence-electron chi connectivity index (χ3n) is 4.43. The summed E-state index contributed by atoms with van der Waals surface area (Å²) in [5, 5.41) is 3.55. The van der Waals surface area contributed by atoms with Crippen molar-refractivity contribution in [2.75, 3.05) is 20.2 Å². The first kappa shape index (κ1) is 10.3. The third kappa shape index (κ3) is 1.40. The maximum absolute atomic E-state index is 5.57. The zero-order valence-corrected chi connectivity index (χ0v) is 9.78. The van der Waals surface area contributed by atoms with Crippen LogP contribution in [0, 0.1) is 5.92 Å². The number of fused-ring (bicyclic) bond motifs is 1. The SMILES string of the molecule is COC1C[C@@H]2CNC[C@]2(c2ccccc2)C1. The van der Waals surface area contributed by atoms with E-state index < -0.39 is 0 Å². The smallest absolute Gasteiger partial charge is 0.0583 e. The van der Waals surface area contributed by atoms with Crippen molar-refractivity contribution in [3.05, 3.63) is 35.9 Å². The Bertz CT molecular complexity index is 364. The highest BCUT2D eigenvalue weighted by molar-refractivity contribution is 5.31. The van der Waals surface area contributed by atoms with E-state index in [1.165, 1.54) is 18.4 Å². The Morgan fingerprint density at radius 3 is 2.88 bits per heavy atom. The summed E-state index contributed by atoms with van der Waals surface area (Å²) in [6.07, 6.45) is 2.83. The van der Waals surface area contributed by atoms with E-state index in [9.17, 15) is 0 Å². The summed E-state index contributed by atoms with van der Waals surface area (Å²) in [6, 6.07) is 11.0. The second kappa shape index (κ2) is 3.86. The lowest BCUT2D eigenvalue weighted by atomic mass is 9.75. The van der Waals surface area contributed by atoms with Crippen LogP contribution in [-0.2, 0) is 10.2 Å². The molecule has 0 amide bonds. The highest BCUT2D eigenvalue weighted by atomic mass is 16.5. The van der Waals surface area contributed by atoms with E-state index in [4.69, 9.17) is 4.74 Å². The molecular weight excluding hydrogens is 198 g/mol. The highest BCUT2D eigenvalue weighted by Gasteiger charge is 2.51. The number of ether oxygens (including phenoxy) is 1. The van der Waals surface area contributed by atoms with Gasteiger partial charge in [0.15, 0.2) is 0 Å². The lowest BCUT2D eigenvalue weighted by Gasteiger charge is -2.29. The van der Waals surface area contributed by atoms with Crippen LogP contribution in [-0.4, -0.2) is 26.3 Å². The van der Waals surface area contributed by atoms with Crippen LogP contribution >= 0.6 is 0 Å². The third-order valence-corrected chi connectivity index (χ3v) is 4.43. The van der Waals surface area contributed by atoms with Gasteiger partial charge >= 0.3 is 0 Å². The lowest BCUT2D eigenvalue weighted by molar-refractivity contribution is 0.100. The van der Waals surface area contributed by atoms with Crippen LogP contribution in [0.4, 0.5) is 0 Å². The van der Waals surface area contributed by atoms with Crippen LogP contribution in [0.1, 0.15) is 18.4 Å². The molecule has 3 atom stereocenters. The first-order valence-corrected chi connectivity index (χ1v) is 6.14. The van der Waals surface area contributed by atoms with Crippen molar-refractivity contribution in [1.82, 2.24) is 5.32 Å². The molecule has 0 radical (unpaired) electrons. The van der Waals surface area contributed by atoms with Crippen LogP contribution in [0.2, 0.25) is 0 Å². The van der Waals surface area contributed by atoms with Gasteiger partial charge in [-0.05, 0) is 30.9 Å². The zero-order valence-electron chi connectivity index (χ0n) is 9.78. The minimum absolute atomic E-state index is 0.335. The number of methoxy groups -OCH3 is 1. The number of benzene rings is 1. The first-order chi connectivity index (χ1) is 7.85. The Morgan fingerprint density at radius 2 is 2.12 bits per heavy atom. The Morgan fingerprint density at radius 1 is 1.31 bits per heavy atom. The largest absolute Gasteiger partial charge is 0.381 e. The van der Waals surface area contributed by atoms with Crippen molar-refractivity contribution in [1.29, 1.82) is 0 Å². The Balaban J connectivity index is 1.96. The second-order valence-electron chi connectivity index (χ2n) is 5.15. The molecule has 1 aliphatic carbocycles. The molecule has 1 heterocycles. The van der Waals surface area contributed by atoms with E-state index in [0.29, 0.717) is 11.5 Å². The molecule has 3 rings (SSSR count). The maximum Gasteiger partial charge on any atom is 0.0583 e. The summed E-state index contributed by atoms with van der Waals surface area (Å²) < 4.78 is 5.57. The molecule has 2 fully saturated rings. The molecule has 0 spiro atoms. The van der Waals surface area contributed by atoms with Gasteiger partial charge in [0.2, 0.25) is 0 Å². The molecule has 2 nitrogen and oxygen atoms in total. The molecule has 1 saturated carbocycles. The standard InChI is InChI=1S/C14H19NO/c1-16-13-7-12-9-15-10-14(12,8-13)11-5-3-2-4-6-11/h2-6,12-13,15H,7-10H2,1H3/t12-,13?,14+/m1/s1. The van der Waals surface area contributed by atoms with Gasteiger partial charge < -0.3 is 10.1 Å². The number of nitrogens with one attached hydrogen (secondary N) is 1. The molecule has 16 heavy (non-hydrogen) atoms. The Labute approximate surface area is 97.0 Å². The molecule has 86 valence electrons. The van der Waals surface area contributed by atoms with Crippen molar-refractivity contribution in [3.8, 4) is 0 Å². The van der Waals surface area contributed by atoms with Crippen LogP contribution in [0.3, 0.4) is 0 Å². The summed E-state index contributed by atoms with van der Waals surface area (Å²) in [6.45, 7) is 2.26. The van der Waals surface area contributed by atoms with E-state index in [1.54, 1.807) is 0 Å². The Hall–Kier alpha value is -0.860. The predicted molar refractivity (Wildman–Crippen MR) is 64.5 cm³/mol. The molecule has 1 saturated heterocycles. The van der Waals surface area contributed by atoms with Gasteiger partial charge in [0.1, 0.15) is 0 Å². The van der Waals surface area contributed by atoms with E-state index in [1.807, 2.05) is 7.11 Å². The van der Waals surface area contributed by atoms with Gasteiger partial charge in [-0.2, -0.15) is 0 Å². The number of hydrogen-bond acceptors (Lipinski definition) is 2. The molecule has 0 bridgehead atoms. The molecule has 2 heteroatoms. The predicted octanol–water partition coefficient (Wildman–Crippen LogP) is 1.95.